The van der Waals surface area contributed by atoms with Gasteiger partial charge in [0, 0.05) is 6.42 Å². The largest absolute Gasteiger partial charge is 0.491 e. The Labute approximate surface area is 161 Å². The van der Waals surface area contributed by atoms with Gasteiger partial charge in [0.05, 0.1) is 12.0 Å². The molecule has 5 heteroatoms. The summed E-state index contributed by atoms with van der Waals surface area (Å²) < 4.78 is 5.65. The first-order valence-corrected chi connectivity index (χ1v) is 9.97. The van der Waals surface area contributed by atoms with E-state index in [9.17, 15) is 14.7 Å². The summed E-state index contributed by atoms with van der Waals surface area (Å²) in [5.41, 5.74) is 0.781. The number of likely N-dealkylation sites (tertiary alicyclic amines) is 1. The molecule has 0 aromatic heterocycles. The number of hydrogen-bond acceptors (Lipinski definition) is 4. The highest BCUT2D eigenvalue weighted by Gasteiger charge is 2.51. The normalized spacial score (nSPS) is 21.0. The van der Waals surface area contributed by atoms with Crippen LogP contribution in [0.25, 0.3) is 0 Å². The van der Waals surface area contributed by atoms with Crippen LogP contribution in [-0.2, 0) is 15.0 Å². The van der Waals surface area contributed by atoms with E-state index < -0.39 is 11.5 Å². The van der Waals surface area contributed by atoms with Gasteiger partial charge in [0.2, 0.25) is 11.8 Å². The number of hydrogen-bond donors (Lipinski definition) is 1. The first kappa shape index (κ1) is 19.9. The molecule has 5 nitrogen and oxygen atoms in total. The molecule has 1 heterocycles. The first-order valence-electron chi connectivity index (χ1n) is 9.97. The molecule has 0 unspecified atom stereocenters. The van der Waals surface area contributed by atoms with Crippen LogP contribution in [0.3, 0.4) is 0 Å². The highest BCUT2D eigenvalue weighted by atomic mass is 16.5. The number of ether oxygens (including phenoxy) is 1. The number of benzene rings is 1. The maximum absolute atomic E-state index is 12.8. The molecule has 3 rings (SSSR count). The van der Waals surface area contributed by atoms with Crippen molar-refractivity contribution in [3.8, 4) is 5.75 Å². The molecule has 1 spiro atoms. The maximum Gasteiger partial charge on any atom is 0.235 e. The smallest absolute Gasteiger partial charge is 0.235 e. The van der Waals surface area contributed by atoms with Crippen molar-refractivity contribution in [3.05, 3.63) is 29.8 Å². The number of rotatable bonds is 5. The van der Waals surface area contributed by atoms with Crippen LogP contribution in [0.5, 0.6) is 5.75 Å². The molecular weight excluding hydrogens is 342 g/mol. The van der Waals surface area contributed by atoms with Crippen molar-refractivity contribution in [2.75, 3.05) is 13.2 Å². The Balaban J connectivity index is 1.54. The van der Waals surface area contributed by atoms with Crippen molar-refractivity contribution in [2.24, 2.45) is 5.41 Å². The summed E-state index contributed by atoms with van der Waals surface area (Å²) in [6, 6.07) is 7.80. The monoisotopic (exact) mass is 373 g/mol. The quantitative estimate of drug-likeness (QED) is 0.803. The Kier molecular flexibility index (Phi) is 5.61. The second-order valence-corrected chi connectivity index (χ2v) is 9.07. The molecule has 1 aromatic rings. The number of carbonyl (C=O) groups is 2. The number of nitrogens with zero attached hydrogens (tertiary/aromatic N) is 1. The molecule has 1 aliphatic heterocycles. The van der Waals surface area contributed by atoms with Gasteiger partial charge in [-0.05, 0) is 36.0 Å². The third-order valence-electron chi connectivity index (χ3n) is 5.86. The summed E-state index contributed by atoms with van der Waals surface area (Å²) in [5.74, 6) is 0.418. The Morgan fingerprint density at radius 3 is 2.33 bits per heavy atom. The number of amides is 2. The Morgan fingerprint density at radius 1 is 1.11 bits per heavy atom. The molecule has 2 aliphatic rings. The van der Waals surface area contributed by atoms with Crippen LogP contribution in [0.15, 0.2) is 24.3 Å². The average molecular weight is 373 g/mol. The molecule has 148 valence electrons. The van der Waals surface area contributed by atoms with E-state index in [2.05, 4.69) is 20.8 Å². The number of β-amino-alcohol motifs (C(OH)–C–C–N with tert-alkyl or cyclic N) is 1. The minimum Gasteiger partial charge on any atom is -0.491 e. The zero-order valence-corrected chi connectivity index (χ0v) is 16.7. The second kappa shape index (κ2) is 7.63. The van der Waals surface area contributed by atoms with Gasteiger partial charge in [0.15, 0.2) is 0 Å². The van der Waals surface area contributed by atoms with Crippen molar-refractivity contribution < 1.29 is 19.4 Å². The summed E-state index contributed by atoms with van der Waals surface area (Å²) in [5, 5.41) is 10.3. The molecule has 2 amide bonds. The van der Waals surface area contributed by atoms with Gasteiger partial charge < -0.3 is 9.84 Å². The molecular formula is C22H31NO4. The zero-order valence-electron chi connectivity index (χ0n) is 16.7. The van der Waals surface area contributed by atoms with E-state index in [0.29, 0.717) is 12.2 Å². The van der Waals surface area contributed by atoms with E-state index in [-0.39, 0.29) is 30.4 Å². The highest BCUT2D eigenvalue weighted by molar-refractivity contribution is 6.06. The summed E-state index contributed by atoms with van der Waals surface area (Å²) in [7, 11) is 0. The van der Waals surface area contributed by atoms with Crippen LogP contribution < -0.4 is 4.74 Å². The predicted octanol–water partition coefficient (Wildman–Crippen LogP) is 3.43. The lowest BCUT2D eigenvalue weighted by atomic mass is 9.73. The lowest BCUT2D eigenvalue weighted by Crippen LogP contribution is -2.42. The molecule has 27 heavy (non-hydrogen) atoms. The lowest BCUT2D eigenvalue weighted by molar-refractivity contribution is -0.144. The van der Waals surface area contributed by atoms with Crippen LogP contribution in [-0.4, -0.2) is 41.1 Å². The topological polar surface area (TPSA) is 66.8 Å². The van der Waals surface area contributed by atoms with E-state index in [0.717, 1.165) is 32.1 Å². The van der Waals surface area contributed by atoms with Gasteiger partial charge in [-0.25, -0.2) is 0 Å². The molecule has 1 saturated heterocycles. The third kappa shape index (κ3) is 4.34. The third-order valence-corrected chi connectivity index (χ3v) is 5.86. The van der Waals surface area contributed by atoms with Gasteiger partial charge >= 0.3 is 0 Å². The van der Waals surface area contributed by atoms with E-state index in [1.54, 1.807) is 0 Å². The number of aliphatic hydroxyl groups is 1. The summed E-state index contributed by atoms with van der Waals surface area (Å²) in [6.45, 7) is 6.51. The van der Waals surface area contributed by atoms with Crippen LogP contribution in [0, 0.1) is 5.41 Å². The Bertz CT molecular complexity index is 683. The Morgan fingerprint density at radius 2 is 1.74 bits per heavy atom. The number of imide groups is 1. The molecule has 1 saturated carbocycles. The molecule has 1 aromatic carbocycles. The van der Waals surface area contributed by atoms with E-state index in [4.69, 9.17) is 4.74 Å². The van der Waals surface area contributed by atoms with Crippen LogP contribution in [0.1, 0.15) is 64.9 Å². The Hall–Kier alpha value is -1.88. The van der Waals surface area contributed by atoms with Gasteiger partial charge in [-0.3, -0.25) is 14.5 Å². The minimum absolute atomic E-state index is 0.0134. The van der Waals surface area contributed by atoms with Gasteiger partial charge in [-0.15, -0.1) is 0 Å². The minimum atomic E-state index is -0.890. The van der Waals surface area contributed by atoms with Gasteiger partial charge in [0.1, 0.15) is 18.5 Å². The predicted molar refractivity (Wildman–Crippen MR) is 103 cm³/mol. The fraction of sp³-hybridized carbons (Fsp3) is 0.636. The SMILES string of the molecule is CC(C)(C)c1ccc(OC[C@H](O)CN2C(=O)CC3(CCCCC3)C2=O)cc1. The van der Waals surface area contributed by atoms with Crippen LogP contribution in [0.2, 0.25) is 0 Å². The summed E-state index contributed by atoms with van der Waals surface area (Å²) in [4.78, 5) is 26.4. The number of carbonyl (C=O) groups excluding carboxylic acids is 2. The molecule has 0 bridgehead atoms. The van der Waals surface area contributed by atoms with Crippen molar-refractivity contribution in [1.82, 2.24) is 4.90 Å². The van der Waals surface area contributed by atoms with Crippen molar-refractivity contribution >= 4 is 11.8 Å². The van der Waals surface area contributed by atoms with Gasteiger partial charge in [-0.2, -0.15) is 0 Å². The second-order valence-electron chi connectivity index (χ2n) is 9.07. The summed E-state index contributed by atoms with van der Waals surface area (Å²) in [6.07, 6.45) is 4.13. The summed E-state index contributed by atoms with van der Waals surface area (Å²) >= 11 is 0. The zero-order chi connectivity index (χ0) is 19.7. The molecule has 1 aliphatic carbocycles. The van der Waals surface area contributed by atoms with Gasteiger partial charge in [0.25, 0.3) is 0 Å². The maximum atomic E-state index is 12.8. The van der Waals surface area contributed by atoms with E-state index in [1.165, 1.54) is 10.5 Å². The molecule has 1 N–H and O–H groups in total. The van der Waals surface area contributed by atoms with E-state index in [1.807, 2.05) is 24.3 Å². The highest BCUT2D eigenvalue weighted by Crippen LogP contribution is 2.45. The van der Waals surface area contributed by atoms with E-state index >= 15 is 0 Å². The fourth-order valence-electron chi connectivity index (χ4n) is 4.17. The average Bonchev–Trinajstić information content (AvgIpc) is 2.84. The van der Waals surface area contributed by atoms with Crippen molar-refractivity contribution in [3.63, 3.8) is 0 Å². The molecule has 0 radical (unpaired) electrons. The first-order chi connectivity index (χ1) is 12.7. The molecule has 1 atom stereocenters. The lowest BCUT2D eigenvalue weighted by Gasteiger charge is -2.30. The number of aliphatic hydroxyl groups excluding tert-OH is 1. The van der Waals surface area contributed by atoms with Crippen LogP contribution >= 0.6 is 0 Å². The van der Waals surface area contributed by atoms with Gasteiger partial charge in [-0.1, -0.05) is 52.2 Å². The fourth-order valence-corrected chi connectivity index (χ4v) is 4.17. The van der Waals surface area contributed by atoms with Crippen LogP contribution in [0.4, 0.5) is 0 Å². The van der Waals surface area contributed by atoms with Crippen molar-refractivity contribution in [1.29, 1.82) is 0 Å². The standard InChI is InChI=1S/C22H31NO4/c1-21(2,3)16-7-9-18(10-8-16)27-15-17(24)14-23-19(25)13-22(20(23)26)11-5-4-6-12-22/h7-10,17,24H,4-6,11-15H2,1-3H3/t17-/m1/s1. The van der Waals surface area contributed by atoms with Crippen molar-refractivity contribution in [2.45, 2.75) is 70.8 Å². The molecule has 2 fully saturated rings.